The summed E-state index contributed by atoms with van der Waals surface area (Å²) in [7, 11) is 0. The Morgan fingerprint density at radius 1 is 1.33 bits per heavy atom. The normalized spacial score (nSPS) is 10.0. The van der Waals surface area contributed by atoms with Gasteiger partial charge in [0.1, 0.15) is 5.75 Å². The summed E-state index contributed by atoms with van der Waals surface area (Å²) in [5.74, 6) is -1.47. The van der Waals surface area contributed by atoms with Crippen molar-refractivity contribution in [1.82, 2.24) is 0 Å². The van der Waals surface area contributed by atoms with Crippen LogP contribution in [0.5, 0.6) is 5.75 Å². The Bertz CT molecular complexity index is 355. The van der Waals surface area contributed by atoms with Gasteiger partial charge in [0.2, 0.25) is 0 Å². The summed E-state index contributed by atoms with van der Waals surface area (Å²) >= 11 is 0. The van der Waals surface area contributed by atoms with Crippen LogP contribution in [0.4, 0.5) is 8.78 Å². The first-order valence-corrected chi connectivity index (χ1v) is 4.50. The van der Waals surface area contributed by atoms with Crippen molar-refractivity contribution in [3.63, 3.8) is 0 Å². The minimum atomic E-state index is -0.931. The van der Waals surface area contributed by atoms with Crippen LogP contribution in [0.1, 0.15) is 12.8 Å². The van der Waals surface area contributed by atoms with Gasteiger partial charge in [0.15, 0.2) is 11.6 Å². The van der Waals surface area contributed by atoms with Gasteiger partial charge in [-0.25, -0.2) is 8.78 Å². The zero-order valence-corrected chi connectivity index (χ0v) is 8.09. The molecule has 3 N–H and O–H groups in total. The fourth-order valence-corrected chi connectivity index (χ4v) is 1.02. The van der Waals surface area contributed by atoms with Crippen LogP contribution in [0.2, 0.25) is 0 Å². The van der Waals surface area contributed by atoms with Crippen LogP contribution in [-0.2, 0) is 0 Å². The summed E-state index contributed by atoms with van der Waals surface area (Å²) in [6.45, 7) is 0.324. The summed E-state index contributed by atoms with van der Waals surface area (Å²) in [4.78, 5) is 0. The number of benzene rings is 1. The van der Waals surface area contributed by atoms with Gasteiger partial charge in [-0.15, -0.1) is 0 Å². The third-order valence-corrected chi connectivity index (χ3v) is 1.75. The first-order valence-electron chi connectivity index (χ1n) is 4.50. The van der Waals surface area contributed by atoms with Crippen molar-refractivity contribution >= 4 is 5.84 Å². The van der Waals surface area contributed by atoms with Crippen LogP contribution in [-0.4, -0.2) is 12.4 Å². The molecule has 0 spiro atoms. The third kappa shape index (κ3) is 3.93. The highest BCUT2D eigenvalue weighted by Crippen LogP contribution is 2.15. The van der Waals surface area contributed by atoms with Crippen LogP contribution in [0, 0.1) is 17.0 Å². The highest BCUT2D eigenvalue weighted by molar-refractivity contribution is 5.76. The van der Waals surface area contributed by atoms with E-state index < -0.39 is 11.6 Å². The number of hydrogen-bond donors (Lipinski definition) is 2. The van der Waals surface area contributed by atoms with Gasteiger partial charge in [0.05, 0.1) is 12.4 Å². The van der Waals surface area contributed by atoms with Gasteiger partial charge in [-0.05, 0) is 18.6 Å². The standard InChI is InChI=1S/C10H12F2N2O/c11-8-4-3-7(6-9(8)12)15-5-1-2-10(13)14/h3-4,6H,1-2,5H2,(H3,13,14). The van der Waals surface area contributed by atoms with Crippen LogP contribution in [0.25, 0.3) is 0 Å². The van der Waals surface area contributed by atoms with Gasteiger partial charge >= 0.3 is 0 Å². The summed E-state index contributed by atoms with van der Waals surface area (Å²) in [6.07, 6.45) is 1.01. The number of rotatable bonds is 5. The molecule has 0 saturated heterocycles. The van der Waals surface area contributed by atoms with Crippen molar-refractivity contribution in [3.8, 4) is 5.75 Å². The Morgan fingerprint density at radius 3 is 2.67 bits per heavy atom. The summed E-state index contributed by atoms with van der Waals surface area (Å²) < 4.78 is 30.4. The van der Waals surface area contributed by atoms with E-state index in [1.807, 2.05) is 0 Å². The second kappa shape index (κ2) is 5.29. The molecule has 15 heavy (non-hydrogen) atoms. The summed E-state index contributed by atoms with van der Waals surface area (Å²) in [5.41, 5.74) is 5.13. The van der Waals surface area contributed by atoms with E-state index >= 15 is 0 Å². The van der Waals surface area contributed by atoms with Gasteiger partial charge in [0, 0.05) is 12.5 Å². The van der Waals surface area contributed by atoms with E-state index in [1.165, 1.54) is 6.07 Å². The van der Waals surface area contributed by atoms with E-state index in [0.717, 1.165) is 12.1 Å². The number of amidine groups is 1. The molecule has 1 aromatic rings. The Hall–Kier alpha value is -1.65. The number of hydrogen-bond acceptors (Lipinski definition) is 2. The zero-order chi connectivity index (χ0) is 11.3. The van der Waals surface area contributed by atoms with E-state index in [-0.39, 0.29) is 11.6 Å². The van der Waals surface area contributed by atoms with E-state index in [4.69, 9.17) is 15.9 Å². The Balaban J connectivity index is 2.38. The van der Waals surface area contributed by atoms with Crippen molar-refractivity contribution in [1.29, 1.82) is 5.41 Å². The summed E-state index contributed by atoms with van der Waals surface area (Å²) in [6, 6.07) is 3.35. The topological polar surface area (TPSA) is 59.1 Å². The van der Waals surface area contributed by atoms with E-state index in [2.05, 4.69) is 0 Å². The maximum Gasteiger partial charge on any atom is 0.162 e. The molecule has 0 radical (unpaired) electrons. The molecule has 0 amide bonds. The van der Waals surface area contributed by atoms with Crippen molar-refractivity contribution < 1.29 is 13.5 Å². The van der Waals surface area contributed by atoms with Gasteiger partial charge in [-0.2, -0.15) is 0 Å². The highest BCUT2D eigenvalue weighted by Gasteiger charge is 2.02. The molecular weight excluding hydrogens is 202 g/mol. The highest BCUT2D eigenvalue weighted by atomic mass is 19.2. The lowest BCUT2D eigenvalue weighted by molar-refractivity contribution is 0.310. The van der Waals surface area contributed by atoms with Gasteiger partial charge in [-0.1, -0.05) is 0 Å². The number of ether oxygens (including phenoxy) is 1. The molecule has 0 unspecified atom stereocenters. The molecule has 0 atom stereocenters. The quantitative estimate of drug-likeness (QED) is 0.447. The molecule has 0 aromatic heterocycles. The minimum Gasteiger partial charge on any atom is -0.493 e. The van der Waals surface area contributed by atoms with Gasteiger partial charge in [0.25, 0.3) is 0 Å². The van der Waals surface area contributed by atoms with Crippen molar-refractivity contribution in [2.75, 3.05) is 6.61 Å². The molecule has 0 bridgehead atoms. The molecule has 0 heterocycles. The third-order valence-electron chi connectivity index (χ3n) is 1.75. The molecule has 0 aliphatic rings. The first kappa shape index (κ1) is 11.4. The predicted molar refractivity (Wildman–Crippen MR) is 53.0 cm³/mol. The molecule has 0 aliphatic carbocycles. The fourth-order valence-electron chi connectivity index (χ4n) is 1.02. The Kier molecular flexibility index (Phi) is 4.03. The number of nitrogens with one attached hydrogen (secondary N) is 1. The van der Waals surface area contributed by atoms with Gasteiger partial charge in [-0.3, -0.25) is 5.41 Å². The lowest BCUT2D eigenvalue weighted by Crippen LogP contribution is -2.11. The van der Waals surface area contributed by atoms with Crippen LogP contribution in [0.15, 0.2) is 18.2 Å². The van der Waals surface area contributed by atoms with Crippen LogP contribution < -0.4 is 10.5 Å². The number of halogens is 2. The number of nitrogens with two attached hydrogens (primary N) is 1. The fraction of sp³-hybridized carbons (Fsp3) is 0.300. The monoisotopic (exact) mass is 214 g/mol. The maximum absolute atomic E-state index is 12.7. The van der Waals surface area contributed by atoms with Crippen LogP contribution >= 0.6 is 0 Å². The molecule has 82 valence electrons. The zero-order valence-electron chi connectivity index (χ0n) is 8.09. The van der Waals surface area contributed by atoms with Crippen molar-refractivity contribution in [3.05, 3.63) is 29.8 Å². The summed E-state index contributed by atoms with van der Waals surface area (Å²) in [5, 5.41) is 6.95. The SMILES string of the molecule is N=C(N)CCCOc1ccc(F)c(F)c1. The predicted octanol–water partition coefficient (Wildman–Crippen LogP) is 2.06. The lowest BCUT2D eigenvalue weighted by atomic mass is 10.3. The van der Waals surface area contributed by atoms with Gasteiger partial charge < -0.3 is 10.5 Å². The molecule has 1 aromatic carbocycles. The van der Waals surface area contributed by atoms with E-state index in [1.54, 1.807) is 0 Å². The molecule has 1 rings (SSSR count). The largest absolute Gasteiger partial charge is 0.493 e. The molecular formula is C10H12F2N2O. The average molecular weight is 214 g/mol. The Labute approximate surface area is 86.4 Å². The first-order chi connectivity index (χ1) is 7.09. The maximum atomic E-state index is 12.7. The van der Waals surface area contributed by atoms with E-state index in [0.29, 0.717) is 19.4 Å². The minimum absolute atomic E-state index is 0.0869. The molecule has 0 aliphatic heterocycles. The second-order valence-electron chi connectivity index (χ2n) is 3.05. The molecule has 0 fully saturated rings. The van der Waals surface area contributed by atoms with Crippen LogP contribution in [0.3, 0.4) is 0 Å². The lowest BCUT2D eigenvalue weighted by Gasteiger charge is -2.05. The average Bonchev–Trinajstić information content (AvgIpc) is 2.18. The molecule has 3 nitrogen and oxygen atoms in total. The van der Waals surface area contributed by atoms with Crippen molar-refractivity contribution in [2.45, 2.75) is 12.8 Å². The molecule has 0 saturated carbocycles. The van der Waals surface area contributed by atoms with E-state index in [9.17, 15) is 8.78 Å². The van der Waals surface area contributed by atoms with Crippen molar-refractivity contribution in [2.24, 2.45) is 5.73 Å². The molecule has 5 heteroatoms. The smallest absolute Gasteiger partial charge is 0.162 e. The second-order valence-corrected chi connectivity index (χ2v) is 3.05. The Morgan fingerprint density at radius 2 is 2.07 bits per heavy atom.